The largest absolute Gasteiger partial charge is 0.310 e. The van der Waals surface area contributed by atoms with Crippen LogP contribution in [0.3, 0.4) is 0 Å². The van der Waals surface area contributed by atoms with Crippen LogP contribution in [0.25, 0.3) is 55.3 Å². The van der Waals surface area contributed by atoms with E-state index in [4.69, 9.17) is 0 Å². The molecular formula is C56H40N2. The van der Waals surface area contributed by atoms with Crippen molar-refractivity contribution in [2.24, 2.45) is 0 Å². The van der Waals surface area contributed by atoms with E-state index in [2.05, 4.69) is 216 Å². The Morgan fingerprint density at radius 2 is 1.03 bits per heavy atom. The number of anilines is 3. The summed E-state index contributed by atoms with van der Waals surface area (Å²) in [6.07, 6.45) is 8.16. The zero-order chi connectivity index (χ0) is 38.8. The second-order valence-corrected chi connectivity index (χ2v) is 15.2. The predicted molar refractivity (Wildman–Crippen MR) is 245 cm³/mol. The van der Waals surface area contributed by atoms with Crippen molar-refractivity contribution in [1.82, 2.24) is 4.57 Å². The molecule has 0 bridgehead atoms. The van der Waals surface area contributed by atoms with Gasteiger partial charge in [-0.2, -0.15) is 0 Å². The third-order valence-electron chi connectivity index (χ3n) is 12.3. The van der Waals surface area contributed by atoms with E-state index in [1.54, 1.807) is 0 Å². The van der Waals surface area contributed by atoms with Gasteiger partial charge in [-0.1, -0.05) is 164 Å². The molecule has 2 aliphatic carbocycles. The van der Waals surface area contributed by atoms with Gasteiger partial charge in [0.25, 0.3) is 0 Å². The zero-order valence-corrected chi connectivity index (χ0v) is 32.3. The minimum Gasteiger partial charge on any atom is -0.310 e. The van der Waals surface area contributed by atoms with E-state index in [-0.39, 0.29) is 0 Å². The molecule has 0 amide bonds. The van der Waals surface area contributed by atoms with Crippen LogP contribution < -0.4 is 4.90 Å². The van der Waals surface area contributed by atoms with Gasteiger partial charge in [-0.15, -0.1) is 0 Å². The highest BCUT2D eigenvalue weighted by atomic mass is 15.1. The fraction of sp³-hybridized carbons (Fsp3) is 0.0357. The Labute approximate surface area is 339 Å². The molecule has 1 heterocycles. The summed E-state index contributed by atoms with van der Waals surface area (Å²) < 4.78 is 2.40. The van der Waals surface area contributed by atoms with Crippen molar-refractivity contribution in [3.8, 4) is 27.9 Å². The van der Waals surface area contributed by atoms with Crippen LogP contribution in [-0.4, -0.2) is 4.57 Å². The number of allylic oxidation sites excluding steroid dienone is 5. The first-order valence-corrected chi connectivity index (χ1v) is 20.1. The van der Waals surface area contributed by atoms with E-state index in [1.165, 1.54) is 66.3 Å². The van der Waals surface area contributed by atoms with Gasteiger partial charge in [-0.05, 0) is 117 Å². The van der Waals surface area contributed by atoms with Gasteiger partial charge in [-0.25, -0.2) is 0 Å². The van der Waals surface area contributed by atoms with Crippen molar-refractivity contribution in [3.63, 3.8) is 0 Å². The highest BCUT2D eigenvalue weighted by molar-refractivity contribution is 6.10. The van der Waals surface area contributed by atoms with Crippen molar-refractivity contribution < 1.29 is 0 Å². The molecule has 9 aromatic rings. The third kappa shape index (κ3) is 4.85. The van der Waals surface area contributed by atoms with Crippen LogP contribution in [0.1, 0.15) is 34.7 Å². The van der Waals surface area contributed by atoms with Crippen molar-refractivity contribution >= 4 is 44.4 Å². The summed E-state index contributed by atoms with van der Waals surface area (Å²) in [5.74, 6) is 0. The average molecular weight is 741 g/mol. The molecule has 1 aromatic heterocycles. The first-order valence-electron chi connectivity index (χ1n) is 20.1. The second kappa shape index (κ2) is 13.4. The first kappa shape index (κ1) is 33.9. The van der Waals surface area contributed by atoms with E-state index < -0.39 is 5.41 Å². The maximum absolute atomic E-state index is 4.13. The molecule has 0 N–H and O–H groups in total. The summed E-state index contributed by atoms with van der Waals surface area (Å²) in [7, 11) is 0. The normalized spacial score (nSPS) is 13.5. The fourth-order valence-electron chi connectivity index (χ4n) is 9.91. The molecule has 2 heteroatoms. The van der Waals surface area contributed by atoms with Gasteiger partial charge in [0, 0.05) is 33.5 Å². The summed E-state index contributed by atoms with van der Waals surface area (Å²) in [5, 5.41) is 2.47. The molecule has 0 saturated carbocycles. The molecule has 0 radical (unpaired) electrons. The minimum absolute atomic E-state index is 0.440. The maximum atomic E-state index is 4.13. The highest BCUT2D eigenvalue weighted by Gasteiger charge is 2.51. The lowest BCUT2D eigenvalue weighted by Crippen LogP contribution is -2.26. The Morgan fingerprint density at radius 1 is 0.500 bits per heavy atom. The van der Waals surface area contributed by atoms with Crippen LogP contribution in [0.5, 0.6) is 0 Å². The third-order valence-corrected chi connectivity index (χ3v) is 12.3. The smallest absolute Gasteiger partial charge is 0.0726 e. The Bertz CT molecular complexity index is 3080. The SMILES string of the molecule is C=C/C(=C\C=C/C)c1ccc(N(c2ccc3c(c2)C2(c4ccccc4-c4ccccc42)c2ccccc2-3)c2ccc3c4ccccc4n(-c4ccccc4)c3c2)cc1. The lowest BCUT2D eigenvalue weighted by molar-refractivity contribution is 0.793. The molecule has 0 fully saturated rings. The van der Waals surface area contributed by atoms with Gasteiger partial charge in [0.15, 0.2) is 0 Å². The Balaban J connectivity index is 1.17. The summed E-state index contributed by atoms with van der Waals surface area (Å²) in [6.45, 7) is 6.16. The number of rotatable bonds is 7. The van der Waals surface area contributed by atoms with Crippen molar-refractivity contribution in [3.05, 3.63) is 247 Å². The summed E-state index contributed by atoms with van der Waals surface area (Å²) >= 11 is 0. The van der Waals surface area contributed by atoms with E-state index in [1.807, 2.05) is 19.1 Å². The molecular weight excluding hydrogens is 701 g/mol. The molecule has 0 atom stereocenters. The summed E-state index contributed by atoms with van der Waals surface area (Å²) in [4.78, 5) is 2.43. The molecule has 1 spiro atoms. The topological polar surface area (TPSA) is 8.17 Å². The predicted octanol–water partition coefficient (Wildman–Crippen LogP) is 14.7. The molecule has 11 rings (SSSR count). The average Bonchev–Trinajstić information content (AvgIpc) is 3.89. The van der Waals surface area contributed by atoms with E-state index in [0.29, 0.717) is 0 Å². The fourth-order valence-corrected chi connectivity index (χ4v) is 9.91. The first-order chi connectivity index (χ1) is 28.7. The van der Waals surface area contributed by atoms with Crippen LogP contribution in [0.2, 0.25) is 0 Å². The lowest BCUT2D eigenvalue weighted by atomic mass is 9.70. The van der Waals surface area contributed by atoms with Gasteiger partial charge in [0.2, 0.25) is 0 Å². The second-order valence-electron chi connectivity index (χ2n) is 15.2. The number of hydrogen-bond donors (Lipinski definition) is 0. The molecule has 2 nitrogen and oxygen atoms in total. The van der Waals surface area contributed by atoms with Crippen LogP contribution in [0.15, 0.2) is 219 Å². The number of benzene rings is 8. The van der Waals surface area contributed by atoms with E-state index >= 15 is 0 Å². The van der Waals surface area contributed by atoms with Crippen LogP contribution in [0, 0.1) is 0 Å². The number of nitrogens with zero attached hydrogens (tertiary/aromatic N) is 2. The molecule has 274 valence electrons. The number of fused-ring (bicyclic) bond motifs is 13. The Hall–Kier alpha value is -7.42. The molecule has 0 saturated heterocycles. The Morgan fingerprint density at radius 3 is 1.69 bits per heavy atom. The van der Waals surface area contributed by atoms with Gasteiger partial charge < -0.3 is 9.47 Å². The van der Waals surface area contributed by atoms with Gasteiger partial charge in [0.05, 0.1) is 16.4 Å². The lowest BCUT2D eigenvalue weighted by Gasteiger charge is -2.32. The van der Waals surface area contributed by atoms with Gasteiger partial charge in [-0.3, -0.25) is 0 Å². The number of hydrogen-bond acceptors (Lipinski definition) is 1. The summed E-state index contributed by atoms with van der Waals surface area (Å²) in [6, 6.07) is 69.6. The minimum atomic E-state index is -0.440. The quantitative estimate of drug-likeness (QED) is 0.148. The number of aromatic nitrogens is 1. The zero-order valence-electron chi connectivity index (χ0n) is 32.3. The van der Waals surface area contributed by atoms with Crippen molar-refractivity contribution in [2.75, 3.05) is 4.90 Å². The Kier molecular flexibility index (Phi) is 7.80. The highest BCUT2D eigenvalue weighted by Crippen LogP contribution is 2.63. The van der Waals surface area contributed by atoms with E-state index in [0.717, 1.165) is 33.9 Å². The van der Waals surface area contributed by atoms with Crippen molar-refractivity contribution in [2.45, 2.75) is 12.3 Å². The molecule has 0 unspecified atom stereocenters. The van der Waals surface area contributed by atoms with Gasteiger partial charge in [0.1, 0.15) is 0 Å². The van der Waals surface area contributed by atoms with Crippen LogP contribution in [-0.2, 0) is 5.41 Å². The van der Waals surface area contributed by atoms with Crippen molar-refractivity contribution in [1.29, 1.82) is 0 Å². The molecule has 2 aliphatic rings. The van der Waals surface area contributed by atoms with E-state index in [9.17, 15) is 0 Å². The maximum Gasteiger partial charge on any atom is 0.0726 e. The van der Waals surface area contributed by atoms with Gasteiger partial charge >= 0.3 is 0 Å². The molecule has 58 heavy (non-hydrogen) atoms. The molecule has 8 aromatic carbocycles. The molecule has 0 aliphatic heterocycles. The van der Waals surface area contributed by atoms with Crippen LogP contribution >= 0.6 is 0 Å². The monoisotopic (exact) mass is 740 g/mol. The standard InChI is InChI=1S/C56H40N2/c1-3-5-17-38(4-2)39-28-30-41(31-29-39)57(43-33-35-49-48-23-12-16-27-54(48)58(55(49)37-43)40-18-7-6-8-19-40)42-32-34-47-46-22-11-15-26-52(46)56(53(47)36-42)50-24-13-9-20-44(50)45-21-10-14-25-51(45)56/h3-37H,2H2,1H3/b5-3-,38-17+. The summed E-state index contributed by atoms with van der Waals surface area (Å²) in [5.41, 5.74) is 19.1. The number of para-hydroxylation sites is 2. The van der Waals surface area contributed by atoms with Crippen LogP contribution in [0.4, 0.5) is 17.1 Å².